The lowest BCUT2D eigenvalue weighted by Gasteiger charge is -2.17. The second-order valence-electron chi connectivity index (χ2n) is 6.18. The van der Waals surface area contributed by atoms with Gasteiger partial charge in [-0.05, 0) is 57.6 Å². The topological polar surface area (TPSA) is 70.6 Å². The highest BCUT2D eigenvalue weighted by molar-refractivity contribution is 5.90. The predicted molar refractivity (Wildman–Crippen MR) is 92.0 cm³/mol. The Kier molecular flexibility index (Phi) is 6.71. The molecule has 3 N–H and O–H groups in total. The van der Waals surface area contributed by atoms with Crippen molar-refractivity contribution >= 4 is 11.7 Å². The largest absolute Gasteiger partial charge is 0.490 e. The van der Waals surface area contributed by atoms with Gasteiger partial charge in [-0.1, -0.05) is 13.0 Å². The van der Waals surface area contributed by atoms with Gasteiger partial charge in [0.2, 0.25) is 0 Å². The molecule has 1 atom stereocenters. The van der Waals surface area contributed by atoms with E-state index in [-0.39, 0.29) is 12.1 Å². The maximum atomic E-state index is 11.9. The third kappa shape index (κ3) is 5.43. The van der Waals surface area contributed by atoms with Crippen molar-refractivity contribution in [3.63, 3.8) is 0 Å². The Hall–Kier alpha value is -1.75. The minimum absolute atomic E-state index is 0.255. The first-order chi connectivity index (χ1) is 11.1. The number of anilines is 1. The SMILES string of the molecule is CCC(O)CCNC(=O)Nc1cccc(OC2CCCC2)c1C. The summed E-state index contributed by atoms with van der Waals surface area (Å²) >= 11 is 0. The number of amides is 2. The Morgan fingerprint density at radius 2 is 2.13 bits per heavy atom. The van der Waals surface area contributed by atoms with Gasteiger partial charge in [-0.2, -0.15) is 0 Å². The van der Waals surface area contributed by atoms with Crippen molar-refractivity contribution < 1.29 is 14.6 Å². The second kappa shape index (κ2) is 8.77. The van der Waals surface area contributed by atoms with Crippen LogP contribution in [0.5, 0.6) is 5.75 Å². The zero-order valence-corrected chi connectivity index (χ0v) is 14.1. The van der Waals surface area contributed by atoms with Gasteiger partial charge in [-0.25, -0.2) is 4.79 Å². The standard InChI is InChI=1S/C18H28N2O3/c1-3-14(21)11-12-19-18(22)20-16-9-6-10-17(13(16)2)23-15-7-4-5-8-15/h6,9-10,14-15,21H,3-5,7-8,11-12H2,1-2H3,(H2,19,20,22). The highest BCUT2D eigenvalue weighted by atomic mass is 16.5. The van der Waals surface area contributed by atoms with Gasteiger partial charge in [-0.15, -0.1) is 0 Å². The van der Waals surface area contributed by atoms with Crippen LogP contribution in [0.25, 0.3) is 0 Å². The van der Waals surface area contributed by atoms with Crippen molar-refractivity contribution in [2.24, 2.45) is 0 Å². The van der Waals surface area contributed by atoms with Crippen LogP contribution in [0, 0.1) is 6.92 Å². The number of hydrogen-bond acceptors (Lipinski definition) is 3. The van der Waals surface area contributed by atoms with E-state index in [2.05, 4.69) is 10.6 Å². The van der Waals surface area contributed by atoms with E-state index in [1.54, 1.807) is 0 Å². The molecule has 128 valence electrons. The van der Waals surface area contributed by atoms with Crippen LogP contribution in [-0.2, 0) is 0 Å². The van der Waals surface area contributed by atoms with E-state index in [1.807, 2.05) is 32.0 Å². The summed E-state index contributed by atoms with van der Waals surface area (Å²) in [6, 6.07) is 5.47. The van der Waals surface area contributed by atoms with Crippen LogP contribution in [-0.4, -0.2) is 29.9 Å². The normalized spacial score (nSPS) is 16.1. The van der Waals surface area contributed by atoms with Crippen molar-refractivity contribution in [2.45, 2.75) is 64.6 Å². The lowest BCUT2D eigenvalue weighted by Crippen LogP contribution is -2.31. The van der Waals surface area contributed by atoms with Crippen LogP contribution in [0.15, 0.2) is 18.2 Å². The van der Waals surface area contributed by atoms with Gasteiger partial charge in [0.15, 0.2) is 0 Å². The summed E-state index contributed by atoms with van der Waals surface area (Å²) in [5.41, 5.74) is 1.71. The van der Waals surface area contributed by atoms with E-state index in [4.69, 9.17) is 4.74 Å². The fraction of sp³-hybridized carbons (Fsp3) is 0.611. The Labute approximate surface area is 138 Å². The highest BCUT2D eigenvalue weighted by Gasteiger charge is 2.18. The molecule has 0 saturated heterocycles. The molecule has 0 heterocycles. The maximum Gasteiger partial charge on any atom is 0.319 e. The van der Waals surface area contributed by atoms with Crippen LogP contribution in [0.4, 0.5) is 10.5 Å². The van der Waals surface area contributed by atoms with E-state index in [1.165, 1.54) is 12.8 Å². The summed E-state index contributed by atoms with van der Waals surface area (Å²) in [6.07, 6.45) is 5.88. The zero-order chi connectivity index (χ0) is 16.7. The molecule has 0 aromatic heterocycles. The predicted octanol–water partition coefficient (Wildman–Crippen LogP) is 3.60. The van der Waals surface area contributed by atoms with Crippen molar-refractivity contribution in [3.8, 4) is 5.75 Å². The van der Waals surface area contributed by atoms with E-state index < -0.39 is 0 Å². The first-order valence-corrected chi connectivity index (χ1v) is 8.59. The summed E-state index contributed by atoms with van der Waals surface area (Å²) < 4.78 is 6.05. The molecule has 0 aliphatic heterocycles. The van der Waals surface area contributed by atoms with Crippen LogP contribution >= 0.6 is 0 Å². The Morgan fingerprint density at radius 3 is 2.83 bits per heavy atom. The number of benzene rings is 1. The molecule has 5 nitrogen and oxygen atoms in total. The van der Waals surface area contributed by atoms with Gasteiger partial charge in [0.25, 0.3) is 0 Å². The van der Waals surface area contributed by atoms with Crippen LogP contribution in [0.1, 0.15) is 51.0 Å². The Balaban J connectivity index is 1.87. The molecule has 1 aromatic carbocycles. The van der Waals surface area contributed by atoms with Crippen molar-refractivity contribution in [2.75, 3.05) is 11.9 Å². The van der Waals surface area contributed by atoms with Crippen molar-refractivity contribution in [1.82, 2.24) is 5.32 Å². The number of urea groups is 1. The minimum atomic E-state index is -0.361. The van der Waals surface area contributed by atoms with Gasteiger partial charge in [0, 0.05) is 17.8 Å². The summed E-state index contributed by atoms with van der Waals surface area (Å²) in [6.45, 7) is 4.34. The third-order valence-electron chi connectivity index (χ3n) is 4.36. The average Bonchev–Trinajstić information content (AvgIpc) is 3.04. The number of carbonyl (C=O) groups is 1. The first kappa shape index (κ1) is 17.6. The summed E-state index contributed by atoms with van der Waals surface area (Å²) in [5, 5.41) is 15.1. The molecule has 1 aliphatic rings. The molecule has 2 amide bonds. The molecule has 0 radical (unpaired) electrons. The molecule has 1 aliphatic carbocycles. The molecule has 5 heteroatoms. The molecule has 2 rings (SSSR count). The first-order valence-electron chi connectivity index (χ1n) is 8.59. The minimum Gasteiger partial charge on any atom is -0.490 e. The number of rotatable bonds is 7. The Bertz CT molecular complexity index is 513. The van der Waals surface area contributed by atoms with Crippen LogP contribution < -0.4 is 15.4 Å². The van der Waals surface area contributed by atoms with E-state index in [0.29, 0.717) is 25.5 Å². The van der Waals surface area contributed by atoms with Gasteiger partial charge < -0.3 is 20.5 Å². The molecule has 1 aromatic rings. The van der Waals surface area contributed by atoms with Gasteiger partial charge >= 0.3 is 6.03 Å². The van der Waals surface area contributed by atoms with Gasteiger partial charge in [-0.3, -0.25) is 0 Å². The van der Waals surface area contributed by atoms with E-state index >= 15 is 0 Å². The number of aliphatic hydroxyl groups is 1. The fourth-order valence-electron chi connectivity index (χ4n) is 2.79. The molecule has 1 unspecified atom stereocenters. The number of nitrogens with one attached hydrogen (secondary N) is 2. The zero-order valence-electron chi connectivity index (χ0n) is 14.1. The Morgan fingerprint density at radius 1 is 1.39 bits per heavy atom. The molecule has 1 saturated carbocycles. The van der Waals surface area contributed by atoms with Gasteiger partial charge in [0.1, 0.15) is 5.75 Å². The molecule has 0 bridgehead atoms. The number of ether oxygens (including phenoxy) is 1. The molecule has 0 spiro atoms. The third-order valence-corrected chi connectivity index (χ3v) is 4.36. The number of carbonyl (C=O) groups excluding carboxylic acids is 1. The van der Waals surface area contributed by atoms with Crippen molar-refractivity contribution in [1.29, 1.82) is 0 Å². The molecule has 23 heavy (non-hydrogen) atoms. The van der Waals surface area contributed by atoms with Crippen molar-refractivity contribution in [3.05, 3.63) is 23.8 Å². The van der Waals surface area contributed by atoms with E-state index in [9.17, 15) is 9.90 Å². The highest BCUT2D eigenvalue weighted by Crippen LogP contribution is 2.30. The molecular formula is C18H28N2O3. The summed E-state index contributed by atoms with van der Waals surface area (Å²) in [5.74, 6) is 0.844. The summed E-state index contributed by atoms with van der Waals surface area (Å²) in [7, 11) is 0. The average molecular weight is 320 g/mol. The van der Waals surface area contributed by atoms with Gasteiger partial charge in [0.05, 0.1) is 12.2 Å². The second-order valence-corrected chi connectivity index (χ2v) is 6.18. The van der Waals surface area contributed by atoms with Crippen LogP contribution in [0.2, 0.25) is 0 Å². The van der Waals surface area contributed by atoms with Crippen LogP contribution in [0.3, 0.4) is 0 Å². The quantitative estimate of drug-likeness (QED) is 0.719. The fourth-order valence-corrected chi connectivity index (χ4v) is 2.79. The lowest BCUT2D eigenvalue weighted by atomic mass is 10.1. The maximum absolute atomic E-state index is 11.9. The smallest absolute Gasteiger partial charge is 0.319 e. The molecule has 1 fully saturated rings. The van der Waals surface area contributed by atoms with E-state index in [0.717, 1.165) is 29.8 Å². The monoisotopic (exact) mass is 320 g/mol. The number of aliphatic hydroxyl groups excluding tert-OH is 1. The number of hydrogen-bond donors (Lipinski definition) is 3. The lowest BCUT2D eigenvalue weighted by molar-refractivity contribution is 0.160. The summed E-state index contributed by atoms with van der Waals surface area (Å²) in [4.78, 5) is 11.9. The molecular weight excluding hydrogens is 292 g/mol.